The molecule has 1 aromatic heterocycles. The maximum atomic E-state index is 11.8. The second kappa shape index (κ2) is 9.38. The Hall–Kier alpha value is -2.13. The van der Waals surface area contributed by atoms with Gasteiger partial charge >= 0.3 is 6.03 Å². The summed E-state index contributed by atoms with van der Waals surface area (Å²) < 4.78 is 0.661. The average molecular weight is 380 g/mol. The molecule has 0 bridgehead atoms. The summed E-state index contributed by atoms with van der Waals surface area (Å²) in [5.41, 5.74) is 2.08. The lowest BCUT2D eigenvalue weighted by Gasteiger charge is -2.11. The summed E-state index contributed by atoms with van der Waals surface area (Å²) in [6.45, 7) is 5.84. The third-order valence-corrected chi connectivity index (χ3v) is 5.33. The van der Waals surface area contributed by atoms with Crippen molar-refractivity contribution in [3.05, 3.63) is 29.8 Å². The number of imide groups is 1. The molecule has 2 aromatic rings. The van der Waals surface area contributed by atoms with Crippen LogP contribution in [0.15, 0.2) is 28.6 Å². The molecule has 0 aliphatic rings. The first-order chi connectivity index (χ1) is 12.0. The molecule has 7 nitrogen and oxygen atoms in total. The number of carbonyl (C=O) groups is 2. The molecule has 1 atom stereocenters. The van der Waals surface area contributed by atoms with Crippen molar-refractivity contribution >= 4 is 45.9 Å². The van der Waals surface area contributed by atoms with E-state index >= 15 is 0 Å². The predicted octanol–water partition coefficient (Wildman–Crippen LogP) is 3.31. The molecule has 0 unspecified atom stereocenters. The summed E-state index contributed by atoms with van der Waals surface area (Å²) in [6.07, 6.45) is 0.803. The molecule has 9 heteroatoms. The summed E-state index contributed by atoms with van der Waals surface area (Å²) in [5, 5.41) is 17.0. The largest absolute Gasteiger partial charge is 0.335 e. The van der Waals surface area contributed by atoms with Crippen molar-refractivity contribution in [1.29, 1.82) is 0 Å². The van der Waals surface area contributed by atoms with Crippen LogP contribution in [0.3, 0.4) is 0 Å². The van der Waals surface area contributed by atoms with Crippen molar-refractivity contribution in [2.45, 2.75) is 37.6 Å². The topological polar surface area (TPSA) is 96.0 Å². The summed E-state index contributed by atoms with van der Waals surface area (Å²) in [7, 11) is 0. The first-order valence-corrected chi connectivity index (χ1v) is 9.67. The van der Waals surface area contributed by atoms with Crippen LogP contribution in [0.4, 0.5) is 15.6 Å². The number of nitrogens with one attached hydrogen (secondary N) is 3. The highest BCUT2D eigenvalue weighted by atomic mass is 32.2. The summed E-state index contributed by atoms with van der Waals surface area (Å²) in [6, 6.07) is 7.44. The number of anilines is 2. The molecule has 0 aliphatic carbocycles. The number of para-hydroxylation sites is 1. The molecule has 0 saturated heterocycles. The zero-order valence-corrected chi connectivity index (χ0v) is 16.0. The summed E-state index contributed by atoms with van der Waals surface area (Å²) in [4.78, 5) is 23.4. The third-order valence-electron chi connectivity index (χ3n) is 3.36. The fraction of sp³-hybridized carbons (Fsp3) is 0.375. The molecule has 0 fully saturated rings. The fourth-order valence-corrected chi connectivity index (χ4v) is 3.36. The molecule has 3 amide bonds. The normalized spacial score (nSPS) is 11.6. The van der Waals surface area contributed by atoms with E-state index in [4.69, 9.17) is 0 Å². The molecule has 0 aliphatic heterocycles. The van der Waals surface area contributed by atoms with Crippen molar-refractivity contribution in [3.8, 4) is 0 Å². The van der Waals surface area contributed by atoms with Crippen LogP contribution >= 0.6 is 23.1 Å². The van der Waals surface area contributed by atoms with Crippen LogP contribution in [0, 0.1) is 6.92 Å². The minimum Gasteiger partial charge on any atom is -0.335 e. The molecule has 134 valence electrons. The van der Waals surface area contributed by atoms with Gasteiger partial charge in [0.05, 0.1) is 5.75 Å². The van der Waals surface area contributed by atoms with E-state index in [1.165, 1.54) is 23.1 Å². The molecule has 2 rings (SSSR count). The molecule has 1 heterocycles. The van der Waals surface area contributed by atoms with Gasteiger partial charge in [-0.05, 0) is 31.9 Å². The highest BCUT2D eigenvalue weighted by Gasteiger charge is 2.12. The van der Waals surface area contributed by atoms with E-state index in [2.05, 4.69) is 26.1 Å². The molecule has 25 heavy (non-hydrogen) atoms. The number of rotatable bonds is 7. The van der Waals surface area contributed by atoms with Gasteiger partial charge in [-0.1, -0.05) is 48.2 Å². The lowest BCUT2D eigenvalue weighted by atomic mass is 10.2. The minimum absolute atomic E-state index is 0.0266. The van der Waals surface area contributed by atoms with Crippen molar-refractivity contribution in [2.75, 3.05) is 11.1 Å². The van der Waals surface area contributed by atoms with Gasteiger partial charge in [-0.15, -0.1) is 10.2 Å². The Morgan fingerprint density at radius 1 is 1.28 bits per heavy atom. The highest BCUT2D eigenvalue weighted by molar-refractivity contribution is 8.01. The minimum atomic E-state index is -0.473. The average Bonchev–Trinajstić information content (AvgIpc) is 3.02. The highest BCUT2D eigenvalue weighted by Crippen LogP contribution is 2.28. The number of aromatic nitrogens is 2. The Labute approximate surface area is 155 Å². The number of benzene rings is 1. The van der Waals surface area contributed by atoms with Crippen LogP contribution in [0.1, 0.15) is 25.8 Å². The van der Waals surface area contributed by atoms with E-state index in [9.17, 15) is 9.59 Å². The van der Waals surface area contributed by atoms with Gasteiger partial charge in [0.15, 0.2) is 4.34 Å². The number of thioether (sulfide) groups is 1. The first-order valence-electron chi connectivity index (χ1n) is 7.87. The molecule has 0 saturated carbocycles. The molecular formula is C16H21N5O2S2. The van der Waals surface area contributed by atoms with Crippen LogP contribution in [0.2, 0.25) is 0 Å². The van der Waals surface area contributed by atoms with Crippen molar-refractivity contribution in [1.82, 2.24) is 20.8 Å². The molecule has 0 spiro atoms. The summed E-state index contributed by atoms with van der Waals surface area (Å²) in [5.74, 6) is -0.262. The lowest BCUT2D eigenvalue weighted by molar-refractivity contribution is -0.117. The monoisotopic (exact) mass is 379 g/mol. The second-order valence-corrected chi connectivity index (χ2v) is 7.63. The SMILES string of the molecule is CC[C@H](C)NC(=O)NC(=O)CSc1nnc(Nc2ccccc2C)s1. The number of amides is 3. The van der Waals surface area contributed by atoms with Gasteiger partial charge in [0.1, 0.15) is 0 Å². The Morgan fingerprint density at radius 3 is 2.76 bits per heavy atom. The first kappa shape index (κ1) is 19.2. The maximum absolute atomic E-state index is 11.8. The van der Waals surface area contributed by atoms with E-state index in [0.29, 0.717) is 9.47 Å². The Kier molecular flexibility index (Phi) is 7.20. The van der Waals surface area contributed by atoms with Crippen molar-refractivity contribution < 1.29 is 9.59 Å². The number of aryl methyl sites for hydroxylation is 1. The smallest absolute Gasteiger partial charge is 0.321 e. The van der Waals surface area contributed by atoms with Gasteiger partial charge in [-0.2, -0.15) is 0 Å². The fourth-order valence-electron chi connectivity index (χ4n) is 1.80. The van der Waals surface area contributed by atoms with Gasteiger partial charge in [0.25, 0.3) is 0 Å². The lowest BCUT2D eigenvalue weighted by Crippen LogP contribution is -2.43. The third kappa shape index (κ3) is 6.35. The van der Waals surface area contributed by atoms with Crippen LogP contribution < -0.4 is 16.0 Å². The molecular weight excluding hydrogens is 358 g/mol. The molecule has 3 N–H and O–H groups in total. The zero-order chi connectivity index (χ0) is 18.2. The van der Waals surface area contributed by atoms with Crippen LogP contribution in [0.5, 0.6) is 0 Å². The van der Waals surface area contributed by atoms with Gasteiger partial charge in [-0.3, -0.25) is 10.1 Å². The predicted molar refractivity (Wildman–Crippen MR) is 102 cm³/mol. The molecule has 1 aromatic carbocycles. The Balaban J connectivity index is 1.80. The summed E-state index contributed by atoms with van der Waals surface area (Å²) >= 11 is 2.60. The van der Waals surface area contributed by atoms with Crippen LogP contribution in [-0.2, 0) is 4.79 Å². The number of urea groups is 1. The number of hydrogen-bond donors (Lipinski definition) is 3. The number of carbonyl (C=O) groups excluding carboxylic acids is 2. The van der Waals surface area contributed by atoms with Gasteiger partial charge in [0.2, 0.25) is 11.0 Å². The molecule has 0 radical (unpaired) electrons. The van der Waals surface area contributed by atoms with Gasteiger partial charge in [-0.25, -0.2) is 4.79 Å². The van der Waals surface area contributed by atoms with E-state index < -0.39 is 6.03 Å². The number of hydrogen-bond acceptors (Lipinski definition) is 7. The van der Waals surface area contributed by atoms with Crippen molar-refractivity contribution in [2.24, 2.45) is 0 Å². The van der Waals surface area contributed by atoms with E-state index in [1.54, 1.807) is 0 Å². The van der Waals surface area contributed by atoms with Gasteiger partial charge in [0, 0.05) is 11.7 Å². The number of nitrogens with zero attached hydrogens (tertiary/aromatic N) is 2. The van der Waals surface area contributed by atoms with Crippen molar-refractivity contribution in [3.63, 3.8) is 0 Å². The van der Waals surface area contributed by atoms with E-state index in [1.807, 2.05) is 45.0 Å². The zero-order valence-electron chi connectivity index (χ0n) is 14.3. The quantitative estimate of drug-likeness (QED) is 0.639. The Morgan fingerprint density at radius 2 is 2.04 bits per heavy atom. The van der Waals surface area contributed by atoms with Gasteiger partial charge < -0.3 is 10.6 Å². The van der Waals surface area contributed by atoms with E-state index in [0.717, 1.165) is 17.7 Å². The van der Waals surface area contributed by atoms with Crippen LogP contribution in [-0.4, -0.2) is 33.9 Å². The maximum Gasteiger partial charge on any atom is 0.321 e. The van der Waals surface area contributed by atoms with E-state index in [-0.39, 0.29) is 17.7 Å². The second-order valence-electron chi connectivity index (χ2n) is 5.43. The van der Waals surface area contributed by atoms with Crippen LogP contribution in [0.25, 0.3) is 0 Å². The standard InChI is InChI=1S/C16H21N5O2S2/c1-4-11(3)17-14(23)19-13(22)9-24-16-21-20-15(25-16)18-12-8-6-5-7-10(12)2/h5-8,11H,4,9H2,1-3H3,(H,18,20)(H2,17,19,22,23)/t11-/m0/s1. The Bertz CT molecular complexity index is 735.